The molecule has 2 aromatic rings. The first kappa shape index (κ1) is 22.4. The Morgan fingerprint density at radius 1 is 0.767 bits per heavy atom. The molecule has 0 bridgehead atoms. The van der Waals surface area contributed by atoms with Crippen LogP contribution in [0.15, 0.2) is 36.4 Å². The maximum absolute atomic E-state index is 13.1. The van der Waals surface area contributed by atoms with Crippen LogP contribution >= 0.6 is 0 Å². The number of aryl methyl sites for hydroxylation is 2. The fourth-order valence-electron chi connectivity index (χ4n) is 4.05. The van der Waals surface area contributed by atoms with E-state index in [9.17, 15) is 4.79 Å². The number of carbonyl (C=O) groups is 1. The van der Waals surface area contributed by atoms with Crippen molar-refractivity contribution in [3.63, 3.8) is 0 Å². The van der Waals surface area contributed by atoms with Gasteiger partial charge in [0.2, 0.25) is 0 Å². The molecule has 1 aliphatic rings. The van der Waals surface area contributed by atoms with Crippen molar-refractivity contribution >= 4 is 11.6 Å². The van der Waals surface area contributed by atoms with E-state index in [-0.39, 0.29) is 16.7 Å². The Hall–Kier alpha value is -2.29. The number of nitrogens with zero attached hydrogens (tertiary/aromatic N) is 2. The summed E-state index contributed by atoms with van der Waals surface area (Å²) < 4.78 is 0. The van der Waals surface area contributed by atoms with Crippen molar-refractivity contribution in [1.82, 2.24) is 4.90 Å². The maximum atomic E-state index is 13.1. The van der Waals surface area contributed by atoms with Gasteiger partial charge in [-0.05, 0) is 59.6 Å². The second-order valence-corrected chi connectivity index (χ2v) is 10.9. The van der Waals surface area contributed by atoms with Crippen molar-refractivity contribution in [2.24, 2.45) is 0 Å². The molecule has 3 rings (SSSR count). The van der Waals surface area contributed by atoms with Crippen molar-refractivity contribution in [1.29, 1.82) is 0 Å². The number of piperazine rings is 1. The van der Waals surface area contributed by atoms with Crippen molar-refractivity contribution in [3.05, 3.63) is 64.2 Å². The Bertz CT molecular complexity index is 891. The summed E-state index contributed by atoms with van der Waals surface area (Å²) in [6.07, 6.45) is 0. The van der Waals surface area contributed by atoms with E-state index in [1.165, 1.54) is 22.4 Å². The molecule has 30 heavy (non-hydrogen) atoms. The zero-order chi connectivity index (χ0) is 22.3. The molecular weight excluding hydrogens is 368 g/mol. The lowest BCUT2D eigenvalue weighted by atomic mass is 9.80. The predicted octanol–water partition coefficient (Wildman–Crippen LogP) is 5.86. The van der Waals surface area contributed by atoms with Gasteiger partial charge in [-0.1, -0.05) is 65.3 Å². The molecule has 0 radical (unpaired) electrons. The quantitative estimate of drug-likeness (QED) is 0.623. The minimum atomic E-state index is 0.108. The van der Waals surface area contributed by atoms with Crippen molar-refractivity contribution in [3.8, 4) is 0 Å². The van der Waals surface area contributed by atoms with E-state index >= 15 is 0 Å². The third kappa shape index (κ3) is 4.88. The summed E-state index contributed by atoms with van der Waals surface area (Å²) in [6.45, 7) is 21.0. The van der Waals surface area contributed by atoms with Gasteiger partial charge in [0.15, 0.2) is 0 Å². The van der Waals surface area contributed by atoms with Gasteiger partial charge in [0, 0.05) is 37.4 Å². The van der Waals surface area contributed by atoms with Gasteiger partial charge in [-0.25, -0.2) is 0 Å². The summed E-state index contributed by atoms with van der Waals surface area (Å²) in [5.74, 6) is 0.158. The van der Waals surface area contributed by atoms with Crippen LogP contribution in [0.5, 0.6) is 0 Å². The number of hydrogen-bond donors (Lipinski definition) is 0. The Morgan fingerprint density at radius 2 is 1.30 bits per heavy atom. The molecular formula is C27H38N2O. The molecule has 1 fully saturated rings. The van der Waals surface area contributed by atoms with Crippen molar-refractivity contribution in [2.75, 3.05) is 31.1 Å². The molecule has 1 amide bonds. The second-order valence-electron chi connectivity index (χ2n) is 10.9. The highest BCUT2D eigenvalue weighted by Gasteiger charge is 2.26. The molecule has 1 heterocycles. The number of anilines is 1. The average molecular weight is 407 g/mol. The molecule has 0 N–H and O–H groups in total. The molecule has 0 atom stereocenters. The smallest absolute Gasteiger partial charge is 0.254 e. The van der Waals surface area contributed by atoms with E-state index in [0.29, 0.717) is 0 Å². The lowest BCUT2D eigenvalue weighted by molar-refractivity contribution is 0.0746. The van der Waals surface area contributed by atoms with E-state index in [1.54, 1.807) is 0 Å². The van der Waals surface area contributed by atoms with Gasteiger partial charge in [-0.2, -0.15) is 0 Å². The minimum Gasteiger partial charge on any atom is -0.368 e. The second kappa shape index (κ2) is 8.09. The number of rotatable bonds is 2. The summed E-state index contributed by atoms with van der Waals surface area (Å²) in [5.41, 5.74) is 7.34. The van der Waals surface area contributed by atoms with Gasteiger partial charge in [-0.15, -0.1) is 0 Å². The summed E-state index contributed by atoms with van der Waals surface area (Å²) in [5, 5.41) is 0. The normalized spacial score (nSPS) is 15.5. The molecule has 3 heteroatoms. The average Bonchev–Trinajstić information content (AvgIpc) is 2.66. The highest BCUT2D eigenvalue weighted by atomic mass is 16.2. The molecule has 0 aliphatic carbocycles. The highest BCUT2D eigenvalue weighted by Crippen LogP contribution is 2.33. The maximum Gasteiger partial charge on any atom is 0.254 e. The first-order valence-corrected chi connectivity index (χ1v) is 11.1. The zero-order valence-electron chi connectivity index (χ0n) is 20.1. The van der Waals surface area contributed by atoms with E-state index in [2.05, 4.69) is 77.6 Å². The highest BCUT2D eigenvalue weighted by molar-refractivity contribution is 5.95. The fraction of sp³-hybridized carbons (Fsp3) is 0.519. The third-order valence-corrected chi connectivity index (χ3v) is 6.19. The van der Waals surface area contributed by atoms with Crippen LogP contribution in [-0.2, 0) is 10.8 Å². The van der Waals surface area contributed by atoms with Crippen molar-refractivity contribution < 1.29 is 4.79 Å². The van der Waals surface area contributed by atoms with E-state index < -0.39 is 0 Å². The van der Waals surface area contributed by atoms with Crippen LogP contribution in [0.1, 0.15) is 74.2 Å². The van der Waals surface area contributed by atoms with Crippen LogP contribution in [0.3, 0.4) is 0 Å². The standard InChI is InChI=1S/C27H38N2O/c1-19-9-10-24(20(2)15-19)25(30)29-13-11-28(12-14-29)23-17-21(26(3,4)5)16-22(18-23)27(6,7)8/h9-10,15-18H,11-14H2,1-8H3. The zero-order valence-corrected chi connectivity index (χ0v) is 20.1. The van der Waals surface area contributed by atoms with Gasteiger partial charge >= 0.3 is 0 Å². The van der Waals surface area contributed by atoms with E-state index in [1.807, 2.05) is 24.0 Å². The molecule has 162 valence electrons. The Labute approximate surface area is 183 Å². The van der Waals surface area contributed by atoms with E-state index in [4.69, 9.17) is 0 Å². The molecule has 0 spiro atoms. The summed E-state index contributed by atoms with van der Waals surface area (Å²) in [6, 6.07) is 13.1. The monoisotopic (exact) mass is 406 g/mol. The molecule has 2 aromatic carbocycles. The lowest BCUT2D eigenvalue weighted by Crippen LogP contribution is -2.49. The van der Waals surface area contributed by atoms with Crippen molar-refractivity contribution in [2.45, 2.75) is 66.2 Å². The fourth-order valence-corrected chi connectivity index (χ4v) is 4.05. The topological polar surface area (TPSA) is 23.6 Å². The van der Waals surface area contributed by atoms with E-state index in [0.717, 1.165) is 37.3 Å². The number of hydrogen-bond acceptors (Lipinski definition) is 2. The molecule has 0 unspecified atom stereocenters. The molecule has 3 nitrogen and oxygen atoms in total. The minimum absolute atomic E-state index is 0.108. The van der Waals surface area contributed by atoms with Gasteiger partial charge in [-0.3, -0.25) is 4.79 Å². The molecule has 1 saturated heterocycles. The Morgan fingerprint density at radius 3 is 1.77 bits per heavy atom. The molecule has 1 aliphatic heterocycles. The van der Waals surface area contributed by atoms with Crippen LogP contribution in [0.2, 0.25) is 0 Å². The summed E-state index contributed by atoms with van der Waals surface area (Å²) in [7, 11) is 0. The van der Waals surface area contributed by atoms with Crippen LogP contribution in [0, 0.1) is 13.8 Å². The Kier molecular flexibility index (Phi) is 6.04. The lowest BCUT2D eigenvalue weighted by Gasteiger charge is -2.37. The summed E-state index contributed by atoms with van der Waals surface area (Å²) >= 11 is 0. The van der Waals surface area contributed by atoms with Crippen LogP contribution in [-0.4, -0.2) is 37.0 Å². The first-order valence-electron chi connectivity index (χ1n) is 11.1. The predicted molar refractivity (Wildman–Crippen MR) is 128 cm³/mol. The number of carbonyl (C=O) groups excluding carboxylic acids is 1. The number of amides is 1. The van der Waals surface area contributed by atoms with Crippen LogP contribution < -0.4 is 4.90 Å². The van der Waals surface area contributed by atoms with Gasteiger partial charge in [0.1, 0.15) is 0 Å². The van der Waals surface area contributed by atoms with Gasteiger partial charge in [0.25, 0.3) is 5.91 Å². The van der Waals surface area contributed by atoms with Gasteiger partial charge < -0.3 is 9.80 Å². The third-order valence-electron chi connectivity index (χ3n) is 6.19. The van der Waals surface area contributed by atoms with Crippen LogP contribution in [0.25, 0.3) is 0 Å². The van der Waals surface area contributed by atoms with Gasteiger partial charge in [0.05, 0.1) is 0 Å². The first-order chi connectivity index (χ1) is 13.9. The molecule has 0 saturated carbocycles. The van der Waals surface area contributed by atoms with Crippen LogP contribution in [0.4, 0.5) is 5.69 Å². The largest absolute Gasteiger partial charge is 0.368 e. The molecule has 0 aromatic heterocycles. The Balaban J connectivity index is 1.80. The summed E-state index contributed by atoms with van der Waals surface area (Å²) in [4.78, 5) is 17.5. The SMILES string of the molecule is Cc1ccc(C(=O)N2CCN(c3cc(C(C)(C)C)cc(C(C)(C)C)c3)CC2)c(C)c1. The number of benzene rings is 2.